The summed E-state index contributed by atoms with van der Waals surface area (Å²) in [7, 11) is 3.21. The van der Waals surface area contributed by atoms with Crippen LogP contribution in [0.3, 0.4) is 0 Å². The number of rotatable bonds is 5. The van der Waals surface area contributed by atoms with Crippen LogP contribution in [0.4, 0.5) is 5.69 Å². The zero-order chi connectivity index (χ0) is 19.2. The molecule has 1 aliphatic rings. The fraction of sp³-hybridized carbons (Fsp3) is 0.318. The number of piperazine rings is 1. The van der Waals surface area contributed by atoms with Gasteiger partial charge < -0.3 is 19.3 Å². The van der Waals surface area contributed by atoms with Crippen molar-refractivity contribution in [2.24, 2.45) is 0 Å². The molecule has 0 bridgehead atoms. The van der Waals surface area contributed by atoms with E-state index in [1.54, 1.807) is 20.3 Å². The highest BCUT2D eigenvalue weighted by molar-refractivity contribution is 5.92. The number of anilines is 1. The van der Waals surface area contributed by atoms with Gasteiger partial charge in [0.1, 0.15) is 0 Å². The highest BCUT2D eigenvalue weighted by atomic mass is 16.5. The minimum Gasteiger partial charge on any atom is -0.493 e. The van der Waals surface area contributed by atoms with Gasteiger partial charge in [0.2, 0.25) is 5.91 Å². The first-order valence-electron chi connectivity index (χ1n) is 9.11. The lowest BCUT2D eigenvalue weighted by Gasteiger charge is -2.35. The predicted molar refractivity (Wildman–Crippen MR) is 109 cm³/mol. The summed E-state index contributed by atoms with van der Waals surface area (Å²) in [6.45, 7) is 5.24. The van der Waals surface area contributed by atoms with E-state index in [9.17, 15) is 4.79 Å². The first-order chi connectivity index (χ1) is 13.1. The van der Waals surface area contributed by atoms with Crippen LogP contribution in [0, 0.1) is 6.92 Å². The van der Waals surface area contributed by atoms with Crippen molar-refractivity contribution in [1.29, 1.82) is 0 Å². The van der Waals surface area contributed by atoms with Crippen LogP contribution in [0.15, 0.2) is 48.5 Å². The summed E-state index contributed by atoms with van der Waals surface area (Å²) in [6.07, 6.45) is 3.45. The number of amides is 1. The molecule has 0 aromatic heterocycles. The Hall–Kier alpha value is -2.95. The second-order valence-corrected chi connectivity index (χ2v) is 6.60. The quantitative estimate of drug-likeness (QED) is 0.761. The lowest BCUT2D eigenvalue weighted by atomic mass is 10.1. The monoisotopic (exact) mass is 366 g/mol. The van der Waals surface area contributed by atoms with Gasteiger partial charge in [0.25, 0.3) is 0 Å². The number of hydrogen-bond acceptors (Lipinski definition) is 4. The SMILES string of the molecule is COc1ccc(/C=C/C(=O)N2CCN(c3cccc(C)c3)CC2)cc1OC. The smallest absolute Gasteiger partial charge is 0.246 e. The average Bonchev–Trinajstić information content (AvgIpc) is 2.71. The van der Waals surface area contributed by atoms with E-state index in [0.717, 1.165) is 31.7 Å². The second-order valence-electron chi connectivity index (χ2n) is 6.60. The third kappa shape index (κ3) is 4.61. The van der Waals surface area contributed by atoms with Crippen LogP contribution in [0.2, 0.25) is 0 Å². The predicted octanol–water partition coefficient (Wildman–Crippen LogP) is 3.37. The maximum Gasteiger partial charge on any atom is 0.246 e. The van der Waals surface area contributed by atoms with Crippen LogP contribution >= 0.6 is 0 Å². The molecule has 142 valence electrons. The molecule has 1 saturated heterocycles. The zero-order valence-corrected chi connectivity index (χ0v) is 16.1. The topological polar surface area (TPSA) is 42.0 Å². The fourth-order valence-electron chi connectivity index (χ4n) is 3.24. The number of hydrogen-bond donors (Lipinski definition) is 0. The molecule has 0 aliphatic carbocycles. The number of nitrogens with zero attached hydrogens (tertiary/aromatic N) is 2. The molecule has 0 radical (unpaired) electrons. The van der Waals surface area contributed by atoms with Crippen molar-refractivity contribution in [3.05, 3.63) is 59.7 Å². The molecule has 2 aromatic carbocycles. The number of carbonyl (C=O) groups is 1. The molecule has 3 rings (SSSR count). The Bertz CT molecular complexity index is 824. The lowest BCUT2D eigenvalue weighted by molar-refractivity contribution is -0.126. The largest absolute Gasteiger partial charge is 0.493 e. The fourth-order valence-corrected chi connectivity index (χ4v) is 3.24. The first-order valence-corrected chi connectivity index (χ1v) is 9.11. The number of benzene rings is 2. The van der Waals surface area contributed by atoms with Gasteiger partial charge in [-0.25, -0.2) is 0 Å². The summed E-state index contributed by atoms with van der Waals surface area (Å²) < 4.78 is 10.5. The molecule has 2 aromatic rings. The summed E-state index contributed by atoms with van der Waals surface area (Å²) in [6, 6.07) is 14.1. The van der Waals surface area contributed by atoms with Crippen molar-refractivity contribution in [3.8, 4) is 11.5 Å². The Morgan fingerprint density at radius 1 is 0.963 bits per heavy atom. The maximum absolute atomic E-state index is 12.5. The van der Waals surface area contributed by atoms with Crippen LogP contribution in [0.5, 0.6) is 11.5 Å². The van der Waals surface area contributed by atoms with E-state index in [4.69, 9.17) is 9.47 Å². The van der Waals surface area contributed by atoms with Gasteiger partial charge in [-0.2, -0.15) is 0 Å². The summed E-state index contributed by atoms with van der Waals surface area (Å²) in [5.41, 5.74) is 3.38. The minimum absolute atomic E-state index is 0.0358. The molecule has 27 heavy (non-hydrogen) atoms. The Morgan fingerprint density at radius 3 is 2.37 bits per heavy atom. The third-order valence-corrected chi connectivity index (χ3v) is 4.78. The zero-order valence-electron chi connectivity index (χ0n) is 16.1. The highest BCUT2D eigenvalue weighted by Crippen LogP contribution is 2.28. The molecule has 0 saturated carbocycles. The molecule has 5 nitrogen and oxygen atoms in total. The number of carbonyl (C=O) groups excluding carboxylic acids is 1. The van der Waals surface area contributed by atoms with Crippen molar-refractivity contribution >= 4 is 17.7 Å². The third-order valence-electron chi connectivity index (χ3n) is 4.78. The van der Waals surface area contributed by atoms with Crippen molar-refractivity contribution < 1.29 is 14.3 Å². The van der Waals surface area contributed by atoms with Crippen molar-refractivity contribution in [3.63, 3.8) is 0 Å². The normalized spacial score (nSPS) is 14.5. The van der Waals surface area contributed by atoms with Crippen LogP contribution in [-0.2, 0) is 4.79 Å². The molecular formula is C22H26N2O3. The Kier molecular flexibility index (Phi) is 6.01. The Labute approximate surface area is 160 Å². The first kappa shape index (κ1) is 18.8. The Balaban J connectivity index is 1.59. The molecule has 0 spiro atoms. The van der Waals surface area contributed by atoms with Gasteiger partial charge in [-0.3, -0.25) is 4.79 Å². The molecule has 0 N–H and O–H groups in total. The van der Waals surface area contributed by atoms with E-state index in [0.29, 0.717) is 11.5 Å². The van der Waals surface area contributed by atoms with Gasteiger partial charge in [-0.05, 0) is 48.4 Å². The van der Waals surface area contributed by atoms with Crippen molar-refractivity contribution in [2.45, 2.75) is 6.92 Å². The van der Waals surface area contributed by atoms with Gasteiger partial charge in [0.15, 0.2) is 11.5 Å². The van der Waals surface area contributed by atoms with Gasteiger partial charge in [-0.1, -0.05) is 18.2 Å². The van der Waals surface area contributed by atoms with E-state index in [2.05, 4.69) is 36.1 Å². The van der Waals surface area contributed by atoms with E-state index >= 15 is 0 Å². The van der Waals surface area contributed by atoms with Gasteiger partial charge in [0.05, 0.1) is 14.2 Å². The average molecular weight is 366 g/mol. The van der Waals surface area contributed by atoms with Gasteiger partial charge in [-0.15, -0.1) is 0 Å². The van der Waals surface area contributed by atoms with E-state index < -0.39 is 0 Å². The summed E-state index contributed by atoms with van der Waals surface area (Å²) >= 11 is 0. The number of ether oxygens (including phenoxy) is 2. The van der Waals surface area contributed by atoms with Crippen molar-refractivity contribution in [1.82, 2.24) is 4.90 Å². The molecular weight excluding hydrogens is 340 g/mol. The standard InChI is InChI=1S/C22H26N2O3/c1-17-5-4-6-19(15-17)23-11-13-24(14-12-23)22(25)10-8-18-7-9-20(26-2)21(16-18)27-3/h4-10,15-16H,11-14H2,1-3H3/b10-8+. The van der Waals surface area contributed by atoms with Crippen LogP contribution < -0.4 is 14.4 Å². The van der Waals surface area contributed by atoms with Crippen molar-refractivity contribution in [2.75, 3.05) is 45.3 Å². The molecule has 1 fully saturated rings. The number of methoxy groups -OCH3 is 2. The summed E-state index contributed by atoms with van der Waals surface area (Å²) in [5, 5.41) is 0. The van der Waals surface area contributed by atoms with Crippen LogP contribution in [-0.4, -0.2) is 51.2 Å². The second kappa shape index (κ2) is 8.62. The van der Waals surface area contributed by atoms with Gasteiger partial charge in [0, 0.05) is 37.9 Å². The van der Waals surface area contributed by atoms with E-state index in [1.807, 2.05) is 29.2 Å². The minimum atomic E-state index is 0.0358. The molecule has 1 amide bonds. The van der Waals surface area contributed by atoms with E-state index in [-0.39, 0.29) is 5.91 Å². The summed E-state index contributed by atoms with van der Waals surface area (Å²) in [5.74, 6) is 1.36. The van der Waals surface area contributed by atoms with E-state index in [1.165, 1.54) is 11.3 Å². The van der Waals surface area contributed by atoms with Gasteiger partial charge >= 0.3 is 0 Å². The maximum atomic E-state index is 12.5. The molecule has 1 heterocycles. The Morgan fingerprint density at radius 2 is 1.70 bits per heavy atom. The lowest BCUT2D eigenvalue weighted by Crippen LogP contribution is -2.48. The molecule has 5 heteroatoms. The van der Waals surface area contributed by atoms with Crippen LogP contribution in [0.25, 0.3) is 6.08 Å². The number of aryl methyl sites for hydroxylation is 1. The highest BCUT2D eigenvalue weighted by Gasteiger charge is 2.19. The molecule has 0 atom stereocenters. The molecule has 0 unspecified atom stereocenters. The van der Waals surface area contributed by atoms with Crippen LogP contribution in [0.1, 0.15) is 11.1 Å². The summed E-state index contributed by atoms with van der Waals surface area (Å²) in [4.78, 5) is 16.7. The molecule has 1 aliphatic heterocycles.